The van der Waals surface area contributed by atoms with E-state index < -0.39 is 9.84 Å². The highest BCUT2D eigenvalue weighted by molar-refractivity contribution is 7.90. The Morgan fingerprint density at radius 2 is 1.74 bits per heavy atom. The van der Waals surface area contributed by atoms with Crippen LogP contribution in [0.5, 0.6) is 5.75 Å². The molecule has 0 unspecified atom stereocenters. The topological polar surface area (TPSA) is 63.7 Å². The molecule has 0 amide bonds. The first kappa shape index (κ1) is 19.2. The second-order valence-electron chi connectivity index (χ2n) is 7.23. The quantitative estimate of drug-likeness (QED) is 0.739. The number of nitrogens with zero attached hydrogens (tertiary/aromatic N) is 1. The first-order chi connectivity index (χ1) is 12.6. The third kappa shape index (κ3) is 3.76. The van der Waals surface area contributed by atoms with Gasteiger partial charge >= 0.3 is 0 Å². The number of sulfone groups is 1. The molecule has 0 spiro atoms. The molecule has 5 nitrogen and oxygen atoms in total. The molecular formula is C21H23NO4S. The second kappa shape index (κ2) is 6.85. The van der Waals surface area contributed by atoms with Crippen LogP contribution in [0.4, 0.5) is 5.69 Å². The number of rotatable bonds is 5. The summed E-state index contributed by atoms with van der Waals surface area (Å²) in [5, 5.41) is 0. The fraction of sp³-hybridized carbons (Fsp3) is 0.286. The molecule has 0 saturated carbocycles. The molecule has 1 aliphatic heterocycles. The number of carbonyl (C=O) groups excluding carboxylic acids is 1. The fourth-order valence-corrected chi connectivity index (χ4v) is 4.02. The van der Waals surface area contributed by atoms with Gasteiger partial charge in [0, 0.05) is 36.2 Å². The molecule has 0 radical (unpaired) electrons. The Hall–Kier alpha value is -2.60. The van der Waals surface area contributed by atoms with Gasteiger partial charge in [-0.1, -0.05) is 32.0 Å². The lowest BCUT2D eigenvalue weighted by molar-refractivity contribution is -0.116. The Balaban J connectivity index is 1.72. The zero-order chi connectivity index (χ0) is 19.8. The summed E-state index contributed by atoms with van der Waals surface area (Å²) in [6.07, 6.45) is 2.78. The lowest BCUT2D eigenvalue weighted by Crippen LogP contribution is -2.25. The number of benzene rings is 2. The number of fused-ring (bicyclic) bond motifs is 1. The van der Waals surface area contributed by atoms with Crippen molar-refractivity contribution in [3.8, 4) is 5.75 Å². The highest BCUT2D eigenvalue weighted by Crippen LogP contribution is 2.46. The van der Waals surface area contributed by atoms with Crippen LogP contribution in [0.25, 0.3) is 0 Å². The number of allylic oxidation sites excluding steroid dienone is 1. The predicted molar refractivity (Wildman–Crippen MR) is 106 cm³/mol. The summed E-state index contributed by atoms with van der Waals surface area (Å²) in [6.45, 7) is 4.08. The number of carbonyl (C=O) groups is 1. The van der Waals surface area contributed by atoms with Crippen molar-refractivity contribution in [1.82, 2.24) is 0 Å². The van der Waals surface area contributed by atoms with E-state index in [1.54, 1.807) is 18.2 Å². The largest absolute Gasteiger partial charge is 0.485 e. The summed E-state index contributed by atoms with van der Waals surface area (Å²) in [7, 11) is -1.29. The van der Waals surface area contributed by atoms with Crippen molar-refractivity contribution in [2.24, 2.45) is 0 Å². The van der Waals surface area contributed by atoms with E-state index in [2.05, 4.69) is 19.9 Å². The number of hydrogen-bond acceptors (Lipinski definition) is 5. The highest BCUT2D eigenvalue weighted by Gasteiger charge is 2.38. The van der Waals surface area contributed by atoms with Crippen LogP contribution in [0.3, 0.4) is 0 Å². The first-order valence-electron chi connectivity index (χ1n) is 8.62. The average molecular weight is 385 g/mol. The van der Waals surface area contributed by atoms with E-state index in [0.29, 0.717) is 5.75 Å². The molecule has 0 saturated heterocycles. The van der Waals surface area contributed by atoms with Gasteiger partial charge in [0.2, 0.25) is 0 Å². The van der Waals surface area contributed by atoms with Crippen molar-refractivity contribution in [3.05, 3.63) is 65.9 Å². The Bertz CT molecular complexity index is 1000. The number of anilines is 1. The molecule has 142 valence electrons. The molecule has 1 aliphatic rings. The first-order valence-corrected chi connectivity index (χ1v) is 10.5. The van der Waals surface area contributed by atoms with Gasteiger partial charge in [-0.2, -0.15) is 0 Å². The van der Waals surface area contributed by atoms with Crippen molar-refractivity contribution in [3.63, 3.8) is 0 Å². The molecule has 0 N–H and O–H groups in total. The smallest absolute Gasteiger partial charge is 0.194 e. The zero-order valence-corrected chi connectivity index (χ0v) is 16.7. The lowest BCUT2D eigenvalue weighted by atomic mass is 9.83. The molecule has 0 aliphatic carbocycles. The molecule has 6 heteroatoms. The minimum atomic E-state index is -3.25. The van der Waals surface area contributed by atoms with E-state index in [4.69, 9.17) is 4.74 Å². The number of ketones is 1. The van der Waals surface area contributed by atoms with Gasteiger partial charge in [0.05, 0.1) is 4.90 Å². The molecule has 2 aromatic carbocycles. The Labute approximate surface area is 160 Å². The van der Waals surface area contributed by atoms with E-state index in [0.717, 1.165) is 17.6 Å². The number of para-hydroxylation sites is 1. The van der Waals surface area contributed by atoms with Gasteiger partial charge in [0.25, 0.3) is 0 Å². The van der Waals surface area contributed by atoms with Crippen molar-refractivity contribution in [2.45, 2.75) is 24.2 Å². The fourth-order valence-electron chi connectivity index (χ4n) is 3.39. The van der Waals surface area contributed by atoms with Crippen LogP contribution in [0.15, 0.2) is 65.2 Å². The van der Waals surface area contributed by atoms with Crippen LogP contribution in [-0.4, -0.2) is 34.1 Å². The number of likely N-dealkylation sites (N-methyl/N-ethyl adjacent to an activating group) is 1. The summed E-state index contributed by atoms with van der Waals surface area (Å²) in [4.78, 5) is 14.7. The summed E-state index contributed by atoms with van der Waals surface area (Å²) < 4.78 is 28.5. The van der Waals surface area contributed by atoms with E-state index in [-0.39, 0.29) is 22.7 Å². The van der Waals surface area contributed by atoms with Gasteiger partial charge in [-0.25, -0.2) is 8.42 Å². The Morgan fingerprint density at radius 1 is 1.11 bits per heavy atom. The third-order valence-electron chi connectivity index (χ3n) is 4.87. The van der Waals surface area contributed by atoms with Gasteiger partial charge in [-0.05, 0) is 35.9 Å². The van der Waals surface area contributed by atoms with Crippen LogP contribution in [0, 0.1) is 0 Å². The molecule has 0 fully saturated rings. The molecular weight excluding hydrogens is 362 g/mol. The zero-order valence-electron chi connectivity index (χ0n) is 15.9. The molecule has 3 rings (SSSR count). The van der Waals surface area contributed by atoms with Crippen LogP contribution in [0.1, 0.15) is 19.4 Å². The monoisotopic (exact) mass is 385 g/mol. The van der Waals surface area contributed by atoms with E-state index >= 15 is 0 Å². The van der Waals surface area contributed by atoms with E-state index in [9.17, 15) is 13.2 Å². The van der Waals surface area contributed by atoms with Gasteiger partial charge in [0.15, 0.2) is 22.2 Å². The van der Waals surface area contributed by atoms with Gasteiger partial charge in [-0.3, -0.25) is 4.79 Å². The van der Waals surface area contributed by atoms with Crippen molar-refractivity contribution < 1.29 is 17.9 Å². The highest BCUT2D eigenvalue weighted by atomic mass is 32.2. The maximum Gasteiger partial charge on any atom is 0.194 e. The summed E-state index contributed by atoms with van der Waals surface area (Å²) in [6, 6.07) is 14.2. The van der Waals surface area contributed by atoms with Crippen LogP contribution >= 0.6 is 0 Å². The minimum absolute atomic E-state index is 0.109. The lowest BCUT2D eigenvalue weighted by Gasteiger charge is -2.23. The molecule has 0 aromatic heterocycles. The molecule has 27 heavy (non-hydrogen) atoms. The molecule has 1 heterocycles. The normalized spacial score (nSPS) is 17.0. The van der Waals surface area contributed by atoms with Crippen LogP contribution in [-0.2, 0) is 20.0 Å². The SMILES string of the molecule is CN1/C(=C\C(=O)COc2ccc(S(C)(=O)=O)cc2)C(C)(C)c2ccccc21. The van der Waals surface area contributed by atoms with Crippen molar-refractivity contribution >= 4 is 21.3 Å². The Kier molecular flexibility index (Phi) is 4.86. The molecule has 0 bridgehead atoms. The summed E-state index contributed by atoms with van der Waals surface area (Å²) in [5.41, 5.74) is 2.94. The summed E-state index contributed by atoms with van der Waals surface area (Å²) in [5.74, 6) is 0.307. The van der Waals surface area contributed by atoms with Gasteiger partial charge in [0.1, 0.15) is 5.75 Å². The van der Waals surface area contributed by atoms with Crippen molar-refractivity contribution in [2.75, 3.05) is 24.8 Å². The van der Waals surface area contributed by atoms with Crippen LogP contribution in [0.2, 0.25) is 0 Å². The predicted octanol–water partition coefficient (Wildman–Crippen LogP) is 3.35. The molecule has 0 atom stereocenters. The standard InChI is InChI=1S/C21H23NO4S/c1-21(2)18-7-5-6-8-19(18)22(3)20(21)13-15(23)14-26-16-9-11-17(12-10-16)27(4,24)25/h5-13H,14H2,1-4H3/b20-13-. The average Bonchev–Trinajstić information content (AvgIpc) is 2.81. The van der Waals surface area contributed by atoms with Gasteiger partial charge < -0.3 is 9.64 Å². The van der Waals surface area contributed by atoms with Crippen molar-refractivity contribution in [1.29, 1.82) is 0 Å². The van der Waals surface area contributed by atoms with E-state index in [1.165, 1.54) is 17.7 Å². The second-order valence-corrected chi connectivity index (χ2v) is 9.25. The molecule has 2 aromatic rings. The minimum Gasteiger partial charge on any atom is -0.485 e. The third-order valence-corrected chi connectivity index (χ3v) is 6.00. The van der Waals surface area contributed by atoms with E-state index in [1.807, 2.05) is 30.1 Å². The van der Waals surface area contributed by atoms with Gasteiger partial charge in [-0.15, -0.1) is 0 Å². The number of hydrogen-bond donors (Lipinski definition) is 0. The maximum atomic E-state index is 12.5. The summed E-state index contributed by atoms with van der Waals surface area (Å²) >= 11 is 0. The number of ether oxygens (including phenoxy) is 1. The Morgan fingerprint density at radius 3 is 2.33 bits per heavy atom. The van der Waals surface area contributed by atoms with Crippen LogP contribution < -0.4 is 9.64 Å². The maximum absolute atomic E-state index is 12.5.